The minimum atomic E-state index is 0.744. The number of nitrogens with zero attached hydrogens (tertiary/aromatic N) is 1. The van der Waals surface area contributed by atoms with Gasteiger partial charge >= 0.3 is 0 Å². The zero-order valence-corrected chi connectivity index (χ0v) is 9.08. The zero-order chi connectivity index (χ0) is 10.5. The van der Waals surface area contributed by atoms with Gasteiger partial charge in [-0.2, -0.15) is 0 Å². The van der Waals surface area contributed by atoms with Crippen molar-refractivity contribution in [1.82, 2.24) is 4.98 Å². The van der Waals surface area contributed by atoms with E-state index in [0.717, 1.165) is 24.0 Å². The van der Waals surface area contributed by atoms with E-state index in [4.69, 9.17) is 5.73 Å². The number of nitrogens with two attached hydrogens (primary N) is 1. The maximum absolute atomic E-state index is 5.81. The molecule has 1 heterocycles. The van der Waals surface area contributed by atoms with Gasteiger partial charge in [-0.1, -0.05) is 19.3 Å². The Kier molecular flexibility index (Phi) is 3.43. The molecule has 15 heavy (non-hydrogen) atoms. The second kappa shape index (κ2) is 5.01. The summed E-state index contributed by atoms with van der Waals surface area (Å²) >= 11 is 0. The Morgan fingerprint density at radius 3 is 2.87 bits per heavy atom. The van der Waals surface area contributed by atoms with E-state index in [2.05, 4.69) is 10.3 Å². The number of pyridine rings is 1. The molecule has 0 radical (unpaired) electrons. The van der Waals surface area contributed by atoms with Crippen molar-refractivity contribution in [2.45, 2.75) is 32.1 Å². The monoisotopic (exact) mass is 205 g/mol. The Hall–Kier alpha value is -1.25. The van der Waals surface area contributed by atoms with Crippen LogP contribution in [-0.2, 0) is 0 Å². The van der Waals surface area contributed by atoms with Crippen LogP contribution in [0, 0.1) is 5.92 Å². The first-order chi connectivity index (χ1) is 7.36. The summed E-state index contributed by atoms with van der Waals surface area (Å²) in [5.74, 6) is 1.64. The third-order valence-corrected chi connectivity index (χ3v) is 3.12. The maximum Gasteiger partial charge on any atom is 0.149 e. The molecule has 1 aliphatic carbocycles. The lowest BCUT2D eigenvalue weighted by atomic mass is 9.89. The second-order valence-corrected chi connectivity index (χ2v) is 4.33. The third-order valence-electron chi connectivity index (χ3n) is 3.12. The fourth-order valence-electron chi connectivity index (χ4n) is 2.20. The van der Waals surface area contributed by atoms with Gasteiger partial charge in [-0.3, -0.25) is 0 Å². The van der Waals surface area contributed by atoms with Crippen LogP contribution < -0.4 is 11.1 Å². The van der Waals surface area contributed by atoms with Gasteiger partial charge in [-0.25, -0.2) is 4.98 Å². The number of nitrogen functional groups attached to an aromatic ring is 1. The minimum Gasteiger partial charge on any atom is -0.396 e. The average Bonchev–Trinajstić information content (AvgIpc) is 2.29. The number of anilines is 2. The molecule has 1 saturated carbocycles. The SMILES string of the molecule is Nc1cccnc1NCC1CCCCC1. The van der Waals surface area contributed by atoms with Crippen LogP contribution in [0.5, 0.6) is 0 Å². The van der Waals surface area contributed by atoms with Crippen molar-refractivity contribution in [3.63, 3.8) is 0 Å². The summed E-state index contributed by atoms with van der Waals surface area (Å²) in [6.45, 7) is 1.02. The fourth-order valence-corrected chi connectivity index (χ4v) is 2.20. The summed E-state index contributed by atoms with van der Waals surface area (Å²) in [5.41, 5.74) is 6.55. The molecule has 3 N–H and O–H groups in total. The molecule has 3 nitrogen and oxygen atoms in total. The summed E-state index contributed by atoms with van der Waals surface area (Å²) in [5, 5.41) is 3.35. The van der Waals surface area contributed by atoms with E-state index in [1.807, 2.05) is 12.1 Å². The smallest absolute Gasteiger partial charge is 0.149 e. The van der Waals surface area contributed by atoms with Crippen molar-refractivity contribution >= 4 is 11.5 Å². The number of rotatable bonds is 3. The van der Waals surface area contributed by atoms with Crippen LogP contribution in [0.4, 0.5) is 11.5 Å². The van der Waals surface area contributed by atoms with Crippen LogP contribution in [0.25, 0.3) is 0 Å². The number of nitrogens with one attached hydrogen (secondary N) is 1. The number of hydrogen-bond acceptors (Lipinski definition) is 3. The van der Waals surface area contributed by atoms with Crippen LogP contribution in [-0.4, -0.2) is 11.5 Å². The van der Waals surface area contributed by atoms with Gasteiger partial charge in [0, 0.05) is 12.7 Å². The van der Waals surface area contributed by atoms with Crippen LogP contribution in [0.2, 0.25) is 0 Å². The van der Waals surface area contributed by atoms with E-state index in [1.165, 1.54) is 32.1 Å². The van der Waals surface area contributed by atoms with E-state index in [9.17, 15) is 0 Å². The van der Waals surface area contributed by atoms with Crippen LogP contribution >= 0.6 is 0 Å². The topological polar surface area (TPSA) is 50.9 Å². The second-order valence-electron chi connectivity index (χ2n) is 4.33. The highest BCUT2D eigenvalue weighted by Crippen LogP contribution is 2.24. The van der Waals surface area contributed by atoms with Crippen molar-refractivity contribution in [1.29, 1.82) is 0 Å². The Balaban J connectivity index is 1.84. The van der Waals surface area contributed by atoms with Crippen molar-refractivity contribution in [2.24, 2.45) is 5.92 Å². The van der Waals surface area contributed by atoms with Crippen molar-refractivity contribution in [3.8, 4) is 0 Å². The summed E-state index contributed by atoms with van der Waals surface area (Å²) in [6, 6.07) is 3.75. The molecule has 0 spiro atoms. The fraction of sp³-hybridized carbons (Fsp3) is 0.583. The number of aromatic nitrogens is 1. The molecular weight excluding hydrogens is 186 g/mol. The van der Waals surface area contributed by atoms with Crippen molar-refractivity contribution in [2.75, 3.05) is 17.6 Å². The molecule has 1 fully saturated rings. The van der Waals surface area contributed by atoms with Gasteiger partial charge in [0.05, 0.1) is 5.69 Å². The van der Waals surface area contributed by atoms with E-state index in [0.29, 0.717) is 0 Å². The first kappa shape index (κ1) is 10.3. The molecule has 1 aromatic heterocycles. The largest absolute Gasteiger partial charge is 0.396 e. The number of hydrogen-bond donors (Lipinski definition) is 2. The zero-order valence-electron chi connectivity index (χ0n) is 9.08. The van der Waals surface area contributed by atoms with E-state index in [1.54, 1.807) is 6.20 Å². The van der Waals surface area contributed by atoms with Gasteiger partial charge in [-0.15, -0.1) is 0 Å². The lowest BCUT2D eigenvalue weighted by Gasteiger charge is -2.22. The molecule has 0 atom stereocenters. The predicted molar refractivity (Wildman–Crippen MR) is 63.7 cm³/mol. The van der Waals surface area contributed by atoms with Gasteiger partial charge in [0.1, 0.15) is 5.82 Å². The average molecular weight is 205 g/mol. The predicted octanol–water partition coefficient (Wildman–Crippen LogP) is 2.66. The molecule has 0 saturated heterocycles. The molecule has 1 aliphatic rings. The highest BCUT2D eigenvalue weighted by atomic mass is 15.0. The first-order valence-electron chi connectivity index (χ1n) is 5.80. The molecule has 0 amide bonds. The quantitative estimate of drug-likeness (QED) is 0.797. The Morgan fingerprint density at radius 2 is 2.13 bits per heavy atom. The van der Waals surface area contributed by atoms with Gasteiger partial charge in [0.2, 0.25) is 0 Å². The first-order valence-corrected chi connectivity index (χ1v) is 5.80. The lowest BCUT2D eigenvalue weighted by molar-refractivity contribution is 0.373. The summed E-state index contributed by atoms with van der Waals surface area (Å²) in [7, 11) is 0. The minimum absolute atomic E-state index is 0.744. The summed E-state index contributed by atoms with van der Waals surface area (Å²) in [4.78, 5) is 4.23. The van der Waals surface area contributed by atoms with E-state index < -0.39 is 0 Å². The van der Waals surface area contributed by atoms with Gasteiger partial charge in [0.15, 0.2) is 0 Å². The van der Waals surface area contributed by atoms with E-state index >= 15 is 0 Å². The van der Waals surface area contributed by atoms with Crippen molar-refractivity contribution in [3.05, 3.63) is 18.3 Å². The van der Waals surface area contributed by atoms with Gasteiger partial charge < -0.3 is 11.1 Å². The molecule has 0 aromatic carbocycles. The molecular formula is C12H19N3. The van der Waals surface area contributed by atoms with Crippen LogP contribution in [0.15, 0.2) is 18.3 Å². The normalized spacial score (nSPS) is 17.6. The standard InChI is InChI=1S/C12H19N3/c13-11-7-4-8-14-12(11)15-9-10-5-2-1-3-6-10/h4,7-8,10H,1-3,5-6,9,13H2,(H,14,15). The summed E-state index contributed by atoms with van der Waals surface area (Å²) < 4.78 is 0. The highest BCUT2D eigenvalue weighted by molar-refractivity contribution is 5.60. The summed E-state index contributed by atoms with van der Waals surface area (Å²) in [6.07, 6.45) is 8.63. The van der Waals surface area contributed by atoms with Crippen molar-refractivity contribution < 1.29 is 0 Å². The Morgan fingerprint density at radius 1 is 1.33 bits per heavy atom. The van der Waals surface area contributed by atoms with Gasteiger partial charge in [0.25, 0.3) is 0 Å². The Labute approximate surface area is 91.1 Å². The molecule has 3 heteroatoms. The molecule has 0 bridgehead atoms. The third kappa shape index (κ3) is 2.85. The van der Waals surface area contributed by atoms with Crippen LogP contribution in [0.3, 0.4) is 0 Å². The molecule has 0 aliphatic heterocycles. The Bertz CT molecular complexity index is 305. The van der Waals surface area contributed by atoms with Gasteiger partial charge in [-0.05, 0) is 30.9 Å². The highest BCUT2D eigenvalue weighted by Gasteiger charge is 2.13. The maximum atomic E-state index is 5.81. The van der Waals surface area contributed by atoms with Crippen LogP contribution in [0.1, 0.15) is 32.1 Å². The molecule has 2 rings (SSSR count). The molecule has 0 unspecified atom stereocenters. The van der Waals surface area contributed by atoms with E-state index in [-0.39, 0.29) is 0 Å². The molecule has 1 aromatic rings. The molecule has 82 valence electrons. The lowest BCUT2D eigenvalue weighted by Crippen LogP contribution is -2.18.